The lowest BCUT2D eigenvalue weighted by Gasteiger charge is -2.20. The monoisotopic (exact) mass is 209 g/mol. The number of aliphatic hydroxyl groups excluding tert-OH is 1. The van der Waals surface area contributed by atoms with Crippen molar-refractivity contribution >= 4 is 0 Å². The van der Waals surface area contributed by atoms with Gasteiger partial charge in [0, 0.05) is 5.92 Å². The van der Waals surface area contributed by atoms with Gasteiger partial charge in [0.15, 0.2) is 0 Å². The molecule has 86 valence electrons. The Kier molecular flexibility index (Phi) is 5.55. The van der Waals surface area contributed by atoms with E-state index in [0.717, 1.165) is 12.0 Å². The molecule has 1 aromatic rings. The zero-order chi connectivity index (χ0) is 10.7. The van der Waals surface area contributed by atoms with E-state index in [4.69, 9.17) is 5.73 Å². The first kappa shape index (κ1) is 14.1. The van der Waals surface area contributed by atoms with Crippen LogP contribution in [0.1, 0.15) is 43.4 Å². The highest BCUT2D eigenvalue weighted by Gasteiger charge is 2.17. The smallest absolute Gasteiger partial charge is 0.109 e. The van der Waals surface area contributed by atoms with Gasteiger partial charge in [-0.3, -0.25) is 0 Å². The van der Waals surface area contributed by atoms with Crippen LogP contribution in [0.2, 0.25) is 0 Å². The first-order valence-corrected chi connectivity index (χ1v) is 5.07. The van der Waals surface area contributed by atoms with E-state index < -0.39 is 6.23 Å². The van der Waals surface area contributed by atoms with Gasteiger partial charge in [-0.2, -0.15) is 0 Å². The van der Waals surface area contributed by atoms with Gasteiger partial charge in [-0.05, 0) is 31.4 Å². The van der Waals surface area contributed by atoms with Crippen molar-refractivity contribution in [3.05, 3.63) is 34.9 Å². The molecule has 0 radical (unpaired) electrons. The summed E-state index contributed by atoms with van der Waals surface area (Å²) < 4.78 is 0. The Morgan fingerprint density at radius 1 is 1.33 bits per heavy atom. The fraction of sp³-hybridized carbons (Fsp3) is 0.538. The van der Waals surface area contributed by atoms with Crippen LogP contribution in [-0.2, 0) is 0 Å². The maximum absolute atomic E-state index is 9.44. The Labute approximate surface area is 93.1 Å². The van der Waals surface area contributed by atoms with E-state index in [0.29, 0.717) is 0 Å². The lowest BCUT2D eigenvalue weighted by atomic mass is 9.90. The minimum absolute atomic E-state index is 0. The topological polar surface area (TPSA) is 46.2 Å². The Morgan fingerprint density at radius 3 is 2.33 bits per heavy atom. The first-order chi connectivity index (χ1) is 6.56. The molecule has 0 saturated heterocycles. The van der Waals surface area contributed by atoms with Crippen LogP contribution < -0.4 is 5.73 Å². The second kappa shape index (κ2) is 5.89. The zero-order valence-corrected chi connectivity index (χ0v) is 9.12. The second-order valence-corrected chi connectivity index (χ2v) is 3.87. The Balaban J connectivity index is 0.00000196. The molecule has 0 spiro atoms. The number of benzene rings is 1. The molecular weight excluding hydrogens is 186 g/mol. The minimum atomic E-state index is -0.763. The van der Waals surface area contributed by atoms with Crippen molar-refractivity contribution in [1.82, 2.24) is 0 Å². The van der Waals surface area contributed by atoms with Crippen molar-refractivity contribution in [2.45, 2.75) is 46.8 Å². The standard InChI is InChI=1S/C12H19NO.CH4/c1-4-10(12(13)14)11-6-5-8(2)7-9(11)3;/h5-7,10,12,14H,4,13H2,1-3H3;1H4. The van der Waals surface area contributed by atoms with Crippen LogP contribution in [0.3, 0.4) is 0 Å². The fourth-order valence-electron chi connectivity index (χ4n) is 1.89. The van der Waals surface area contributed by atoms with Crippen molar-refractivity contribution < 1.29 is 5.11 Å². The third-order valence-corrected chi connectivity index (χ3v) is 2.68. The average Bonchev–Trinajstić information content (AvgIpc) is 2.09. The maximum Gasteiger partial charge on any atom is 0.109 e. The van der Waals surface area contributed by atoms with Crippen molar-refractivity contribution in [2.75, 3.05) is 0 Å². The van der Waals surface area contributed by atoms with Crippen LogP contribution in [0.5, 0.6) is 0 Å². The summed E-state index contributed by atoms with van der Waals surface area (Å²) in [5, 5.41) is 9.44. The molecule has 1 rings (SSSR count). The van der Waals surface area contributed by atoms with Crippen LogP contribution in [0.15, 0.2) is 18.2 Å². The summed E-state index contributed by atoms with van der Waals surface area (Å²) in [5.74, 6) is 0.0515. The Hall–Kier alpha value is -0.860. The molecule has 0 aliphatic rings. The summed E-state index contributed by atoms with van der Waals surface area (Å²) in [6, 6.07) is 6.25. The third kappa shape index (κ3) is 3.33. The number of nitrogens with two attached hydrogens (primary N) is 1. The molecule has 0 fully saturated rings. The molecule has 0 saturated carbocycles. The first-order valence-electron chi connectivity index (χ1n) is 5.07. The largest absolute Gasteiger partial charge is 0.378 e. The fourth-order valence-corrected chi connectivity index (χ4v) is 1.89. The van der Waals surface area contributed by atoms with Gasteiger partial charge >= 0.3 is 0 Å². The van der Waals surface area contributed by atoms with Gasteiger partial charge in [0.05, 0.1) is 0 Å². The molecule has 0 aliphatic heterocycles. The van der Waals surface area contributed by atoms with Crippen molar-refractivity contribution in [3.63, 3.8) is 0 Å². The predicted molar refractivity (Wildman–Crippen MR) is 65.9 cm³/mol. The molecule has 2 heteroatoms. The van der Waals surface area contributed by atoms with Crippen LogP contribution in [0, 0.1) is 13.8 Å². The summed E-state index contributed by atoms with van der Waals surface area (Å²) in [7, 11) is 0. The summed E-state index contributed by atoms with van der Waals surface area (Å²) in [6.45, 7) is 6.17. The highest BCUT2D eigenvalue weighted by molar-refractivity contribution is 5.33. The van der Waals surface area contributed by atoms with Gasteiger partial charge < -0.3 is 10.8 Å². The molecular formula is C13H23NO. The molecule has 2 atom stereocenters. The van der Waals surface area contributed by atoms with Gasteiger partial charge in [-0.25, -0.2) is 0 Å². The van der Waals surface area contributed by atoms with E-state index in [9.17, 15) is 5.11 Å². The van der Waals surface area contributed by atoms with Gasteiger partial charge in [0.25, 0.3) is 0 Å². The lowest BCUT2D eigenvalue weighted by Crippen LogP contribution is -2.27. The molecule has 2 nitrogen and oxygen atoms in total. The van der Waals surface area contributed by atoms with Crippen LogP contribution in [-0.4, -0.2) is 11.3 Å². The van der Waals surface area contributed by atoms with Crippen molar-refractivity contribution in [3.8, 4) is 0 Å². The van der Waals surface area contributed by atoms with E-state index in [2.05, 4.69) is 32.0 Å². The predicted octanol–water partition coefficient (Wildman–Crippen LogP) is 2.71. The third-order valence-electron chi connectivity index (χ3n) is 2.68. The molecule has 2 unspecified atom stereocenters. The van der Waals surface area contributed by atoms with E-state index in [1.54, 1.807) is 0 Å². The SMILES string of the molecule is C.CCC(c1ccc(C)cc1C)C(N)O. The van der Waals surface area contributed by atoms with Gasteiger partial charge in [0.2, 0.25) is 0 Å². The van der Waals surface area contributed by atoms with E-state index in [1.165, 1.54) is 11.1 Å². The van der Waals surface area contributed by atoms with E-state index >= 15 is 0 Å². The number of aliphatic hydroxyl groups is 1. The van der Waals surface area contributed by atoms with Crippen LogP contribution in [0.4, 0.5) is 0 Å². The molecule has 0 heterocycles. The zero-order valence-electron chi connectivity index (χ0n) is 9.12. The highest BCUT2D eigenvalue weighted by Crippen LogP contribution is 2.25. The summed E-state index contributed by atoms with van der Waals surface area (Å²) in [5.41, 5.74) is 9.15. The molecule has 0 aromatic heterocycles. The summed E-state index contributed by atoms with van der Waals surface area (Å²) in [6.07, 6.45) is 0.100. The number of aryl methyl sites for hydroxylation is 2. The van der Waals surface area contributed by atoms with Crippen molar-refractivity contribution in [1.29, 1.82) is 0 Å². The van der Waals surface area contributed by atoms with E-state index in [-0.39, 0.29) is 13.3 Å². The Bertz CT molecular complexity index is 307. The molecule has 3 N–H and O–H groups in total. The van der Waals surface area contributed by atoms with Crippen LogP contribution in [0.25, 0.3) is 0 Å². The average molecular weight is 209 g/mol. The maximum atomic E-state index is 9.44. The number of hydrogen-bond acceptors (Lipinski definition) is 2. The lowest BCUT2D eigenvalue weighted by molar-refractivity contribution is 0.147. The summed E-state index contributed by atoms with van der Waals surface area (Å²) >= 11 is 0. The highest BCUT2D eigenvalue weighted by atomic mass is 16.3. The van der Waals surface area contributed by atoms with Gasteiger partial charge in [-0.1, -0.05) is 38.1 Å². The number of rotatable bonds is 3. The number of hydrogen-bond donors (Lipinski definition) is 2. The summed E-state index contributed by atoms with van der Waals surface area (Å²) in [4.78, 5) is 0. The Morgan fingerprint density at radius 2 is 1.93 bits per heavy atom. The van der Waals surface area contributed by atoms with Gasteiger partial charge in [-0.15, -0.1) is 0 Å². The molecule has 1 aromatic carbocycles. The molecule has 0 aliphatic carbocycles. The van der Waals surface area contributed by atoms with Crippen molar-refractivity contribution in [2.24, 2.45) is 5.73 Å². The van der Waals surface area contributed by atoms with E-state index in [1.807, 2.05) is 6.92 Å². The quantitative estimate of drug-likeness (QED) is 0.752. The minimum Gasteiger partial charge on any atom is -0.378 e. The van der Waals surface area contributed by atoms with Crippen LogP contribution >= 0.6 is 0 Å². The molecule has 0 bridgehead atoms. The second-order valence-electron chi connectivity index (χ2n) is 3.87. The molecule has 0 amide bonds. The van der Waals surface area contributed by atoms with Gasteiger partial charge in [0.1, 0.15) is 6.23 Å². The molecule has 15 heavy (non-hydrogen) atoms. The normalized spacial score (nSPS) is 14.2.